The summed E-state index contributed by atoms with van der Waals surface area (Å²) < 4.78 is 7.26. The standard InChI is InChI=1S/C14H21Cl2N3O2/c1-9-7-19(8-10(2)21-9)5-4-17-14(20)12-6-11(15)13(16)18(12)3/h6,9-10H,4-5,7-8H2,1-3H3,(H,17,20)/t9-,10-/m1/s1. The highest BCUT2D eigenvalue weighted by molar-refractivity contribution is 6.41. The lowest BCUT2D eigenvalue weighted by Crippen LogP contribution is -2.47. The van der Waals surface area contributed by atoms with Gasteiger partial charge in [0.05, 0.1) is 17.2 Å². The second kappa shape index (κ2) is 7.01. The topological polar surface area (TPSA) is 46.5 Å². The Morgan fingerprint density at radius 1 is 1.38 bits per heavy atom. The summed E-state index contributed by atoms with van der Waals surface area (Å²) in [5.74, 6) is -0.166. The number of ether oxygens (including phenoxy) is 1. The number of aromatic nitrogens is 1. The summed E-state index contributed by atoms with van der Waals surface area (Å²) in [4.78, 5) is 14.4. The zero-order valence-corrected chi connectivity index (χ0v) is 14.0. The molecule has 1 N–H and O–H groups in total. The summed E-state index contributed by atoms with van der Waals surface area (Å²) in [6.45, 7) is 7.29. The number of halogens is 2. The van der Waals surface area contributed by atoms with Gasteiger partial charge in [-0.15, -0.1) is 0 Å². The number of nitrogens with one attached hydrogen (secondary N) is 1. The Morgan fingerprint density at radius 2 is 2.00 bits per heavy atom. The van der Waals surface area contributed by atoms with Gasteiger partial charge in [0.2, 0.25) is 0 Å². The third-order valence-electron chi connectivity index (χ3n) is 3.56. The lowest BCUT2D eigenvalue weighted by atomic mass is 10.2. The van der Waals surface area contributed by atoms with Crippen molar-refractivity contribution in [2.75, 3.05) is 26.2 Å². The summed E-state index contributed by atoms with van der Waals surface area (Å²) in [6, 6.07) is 1.58. The van der Waals surface area contributed by atoms with Crippen LogP contribution in [0, 0.1) is 0 Å². The van der Waals surface area contributed by atoms with Gasteiger partial charge in [0.1, 0.15) is 10.8 Å². The van der Waals surface area contributed by atoms with E-state index in [9.17, 15) is 4.79 Å². The van der Waals surface area contributed by atoms with Crippen LogP contribution in [-0.2, 0) is 11.8 Å². The quantitative estimate of drug-likeness (QED) is 0.918. The normalized spacial score (nSPS) is 23.3. The maximum absolute atomic E-state index is 12.1. The average molecular weight is 334 g/mol. The van der Waals surface area contributed by atoms with E-state index in [1.807, 2.05) is 0 Å². The lowest BCUT2D eigenvalue weighted by molar-refractivity contribution is -0.0672. The molecule has 2 rings (SSSR count). The first-order valence-corrected chi connectivity index (χ1v) is 7.80. The minimum atomic E-state index is -0.166. The first-order valence-electron chi connectivity index (χ1n) is 7.05. The predicted molar refractivity (Wildman–Crippen MR) is 84.2 cm³/mol. The Hall–Kier alpha value is -0.750. The van der Waals surface area contributed by atoms with Crippen LogP contribution in [-0.4, -0.2) is 53.8 Å². The van der Waals surface area contributed by atoms with Crippen LogP contribution in [0.1, 0.15) is 24.3 Å². The van der Waals surface area contributed by atoms with Crippen LogP contribution in [0.4, 0.5) is 0 Å². The molecule has 7 heteroatoms. The van der Waals surface area contributed by atoms with Crippen molar-refractivity contribution in [3.05, 3.63) is 21.9 Å². The van der Waals surface area contributed by atoms with Gasteiger partial charge in [-0.25, -0.2) is 0 Å². The van der Waals surface area contributed by atoms with E-state index in [1.54, 1.807) is 17.7 Å². The molecule has 5 nitrogen and oxygen atoms in total. The number of morpholine rings is 1. The molecule has 0 radical (unpaired) electrons. The molecule has 21 heavy (non-hydrogen) atoms. The zero-order valence-electron chi connectivity index (χ0n) is 12.5. The Kier molecular flexibility index (Phi) is 5.54. The molecule has 1 aliphatic heterocycles. The molecule has 0 spiro atoms. The number of nitrogens with zero attached hydrogens (tertiary/aromatic N) is 2. The highest BCUT2D eigenvalue weighted by atomic mass is 35.5. The number of hydrogen-bond donors (Lipinski definition) is 1. The van der Waals surface area contributed by atoms with E-state index in [0.29, 0.717) is 22.4 Å². The molecule has 118 valence electrons. The van der Waals surface area contributed by atoms with E-state index in [-0.39, 0.29) is 18.1 Å². The van der Waals surface area contributed by atoms with Gasteiger partial charge in [-0.2, -0.15) is 0 Å². The Balaban J connectivity index is 1.83. The maximum Gasteiger partial charge on any atom is 0.268 e. The highest BCUT2D eigenvalue weighted by Crippen LogP contribution is 2.24. The van der Waals surface area contributed by atoms with Gasteiger partial charge in [0, 0.05) is 33.2 Å². The van der Waals surface area contributed by atoms with Crippen LogP contribution < -0.4 is 5.32 Å². The van der Waals surface area contributed by atoms with E-state index < -0.39 is 0 Å². The van der Waals surface area contributed by atoms with Gasteiger partial charge in [0.15, 0.2) is 0 Å². The van der Waals surface area contributed by atoms with Crippen LogP contribution in [0.15, 0.2) is 6.07 Å². The second-order valence-electron chi connectivity index (χ2n) is 5.50. The number of carbonyl (C=O) groups excluding carboxylic acids is 1. The smallest absolute Gasteiger partial charge is 0.268 e. The molecule has 0 aliphatic carbocycles. The Labute approximate surface area is 135 Å². The van der Waals surface area contributed by atoms with Crippen molar-refractivity contribution in [2.45, 2.75) is 26.1 Å². The minimum absolute atomic E-state index is 0.166. The molecule has 2 atom stereocenters. The number of amides is 1. The van der Waals surface area contributed by atoms with Crippen molar-refractivity contribution < 1.29 is 9.53 Å². The molecular weight excluding hydrogens is 313 g/mol. The first kappa shape index (κ1) is 16.6. The first-order chi connectivity index (χ1) is 9.88. The summed E-state index contributed by atoms with van der Waals surface area (Å²) in [5, 5.41) is 3.66. The van der Waals surface area contributed by atoms with Crippen LogP contribution in [0.5, 0.6) is 0 Å². The molecule has 0 unspecified atom stereocenters. The summed E-state index contributed by atoms with van der Waals surface area (Å²) in [5.41, 5.74) is 0.466. The zero-order chi connectivity index (χ0) is 15.6. The van der Waals surface area contributed by atoms with E-state index in [2.05, 4.69) is 24.1 Å². The van der Waals surface area contributed by atoms with Gasteiger partial charge in [0.25, 0.3) is 5.91 Å². The second-order valence-corrected chi connectivity index (χ2v) is 6.27. The highest BCUT2D eigenvalue weighted by Gasteiger charge is 2.22. The molecule has 2 heterocycles. The largest absolute Gasteiger partial charge is 0.373 e. The van der Waals surface area contributed by atoms with Crippen molar-refractivity contribution in [1.82, 2.24) is 14.8 Å². The molecule has 0 aromatic carbocycles. The SMILES string of the molecule is C[C@@H]1CN(CCNC(=O)c2cc(Cl)c(Cl)n2C)C[C@@H](C)O1. The van der Waals surface area contributed by atoms with Crippen LogP contribution >= 0.6 is 23.2 Å². The Bertz CT molecular complexity index is 509. The number of carbonyl (C=O) groups is 1. The third-order valence-corrected chi connectivity index (χ3v) is 4.40. The molecule has 1 aromatic heterocycles. The molecule has 0 saturated carbocycles. The van der Waals surface area contributed by atoms with Crippen LogP contribution in [0.3, 0.4) is 0 Å². The van der Waals surface area contributed by atoms with E-state index in [0.717, 1.165) is 19.6 Å². The van der Waals surface area contributed by atoms with Crippen molar-refractivity contribution in [3.8, 4) is 0 Å². The molecule has 1 aliphatic rings. The number of rotatable bonds is 4. The lowest BCUT2D eigenvalue weighted by Gasteiger charge is -2.35. The van der Waals surface area contributed by atoms with Gasteiger partial charge >= 0.3 is 0 Å². The monoisotopic (exact) mass is 333 g/mol. The fourth-order valence-electron chi connectivity index (χ4n) is 2.65. The van der Waals surface area contributed by atoms with Crippen molar-refractivity contribution in [2.24, 2.45) is 7.05 Å². The fraction of sp³-hybridized carbons (Fsp3) is 0.643. The summed E-state index contributed by atoms with van der Waals surface area (Å²) in [7, 11) is 1.72. The van der Waals surface area contributed by atoms with E-state index >= 15 is 0 Å². The molecular formula is C14H21Cl2N3O2. The van der Waals surface area contributed by atoms with Crippen molar-refractivity contribution in [1.29, 1.82) is 0 Å². The number of hydrogen-bond acceptors (Lipinski definition) is 3. The van der Waals surface area contributed by atoms with Crippen molar-refractivity contribution >= 4 is 29.1 Å². The molecule has 1 fully saturated rings. The predicted octanol–water partition coefficient (Wildman–Crippen LogP) is 2.17. The maximum atomic E-state index is 12.1. The van der Waals surface area contributed by atoms with E-state index in [1.165, 1.54) is 0 Å². The molecule has 1 saturated heterocycles. The summed E-state index contributed by atoms with van der Waals surface area (Å²) in [6.07, 6.45) is 0.463. The van der Waals surface area contributed by atoms with Gasteiger partial charge in [-0.1, -0.05) is 23.2 Å². The molecule has 1 aromatic rings. The molecule has 1 amide bonds. The molecule has 0 bridgehead atoms. The minimum Gasteiger partial charge on any atom is -0.373 e. The van der Waals surface area contributed by atoms with Gasteiger partial charge in [-0.3, -0.25) is 9.69 Å². The van der Waals surface area contributed by atoms with Crippen LogP contribution in [0.25, 0.3) is 0 Å². The van der Waals surface area contributed by atoms with E-state index in [4.69, 9.17) is 27.9 Å². The van der Waals surface area contributed by atoms with Crippen LogP contribution in [0.2, 0.25) is 10.2 Å². The van der Waals surface area contributed by atoms with Crippen molar-refractivity contribution in [3.63, 3.8) is 0 Å². The average Bonchev–Trinajstić information content (AvgIpc) is 2.65. The van der Waals surface area contributed by atoms with Gasteiger partial charge in [-0.05, 0) is 19.9 Å². The third kappa shape index (κ3) is 4.13. The Morgan fingerprint density at radius 3 is 2.52 bits per heavy atom. The van der Waals surface area contributed by atoms with Gasteiger partial charge < -0.3 is 14.6 Å². The summed E-state index contributed by atoms with van der Waals surface area (Å²) >= 11 is 11.9. The fourth-order valence-corrected chi connectivity index (χ4v) is 3.02.